The predicted octanol–water partition coefficient (Wildman–Crippen LogP) is 2.79. The van der Waals surface area contributed by atoms with Crippen LogP contribution in [0.2, 0.25) is 0 Å². The second-order valence-electron chi connectivity index (χ2n) is 8.39. The molecule has 30 heavy (non-hydrogen) atoms. The molecule has 0 spiro atoms. The number of aromatic amines is 1. The minimum atomic E-state index is -0.517. The van der Waals surface area contributed by atoms with Crippen molar-refractivity contribution in [3.05, 3.63) is 73.6 Å². The Hall–Kier alpha value is -3.22. The van der Waals surface area contributed by atoms with E-state index in [2.05, 4.69) is 33.5 Å². The largest absolute Gasteiger partial charge is 0.345 e. The number of aryl methyl sites for hydroxylation is 2. The van der Waals surface area contributed by atoms with Gasteiger partial charge in [0.25, 0.3) is 11.5 Å². The molecule has 3 aromatic rings. The van der Waals surface area contributed by atoms with Crippen molar-refractivity contribution in [2.45, 2.75) is 57.5 Å². The van der Waals surface area contributed by atoms with E-state index in [1.807, 2.05) is 6.92 Å². The molecule has 2 aromatic heterocycles. The number of nitrogens with zero attached hydrogens (tertiary/aromatic N) is 2. The summed E-state index contributed by atoms with van der Waals surface area (Å²) in [4.78, 5) is 43.9. The molecule has 1 fully saturated rings. The zero-order chi connectivity index (χ0) is 20.8. The first-order chi connectivity index (χ1) is 14.5. The molecule has 154 valence electrons. The van der Waals surface area contributed by atoms with E-state index in [-0.39, 0.29) is 23.4 Å². The van der Waals surface area contributed by atoms with Crippen molar-refractivity contribution >= 4 is 16.9 Å². The third-order valence-electron chi connectivity index (χ3n) is 6.17. The van der Waals surface area contributed by atoms with Gasteiger partial charge in [0, 0.05) is 12.2 Å². The maximum atomic E-state index is 12.8. The summed E-state index contributed by atoms with van der Waals surface area (Å²) in [6.45, 7) is 1.95. The predicted molar refractivity (Wildman–Crippen MR) is 114 cm³/mol. The number of hydrogen-bond donors (Lipinski definition) is 2. The van der Waals surface area contributed by atoms with Gasteiger partial charge in [-0.15, -0.1) is 0 Å². The topological polar surface area (TPSA) is 96.8 Å². The van der Waals surface area contributed by atoms with E-state index >= 15 is 0 Å². The highest BCUT2D eigenvalue weighted by Crippen LogP contribution is 2.34. The van der Waals surface area contributed by atoms with Gasteiger partial charge < -0.3 is 5.32 Å². The molecule has 7 heteroatoms. The van der Waals surface area contributed by atoms with Crippen molar-refractivity contribution in [1.29, 1.82) is 0 Å². The number of carbonyl (C=O) groups excluding carboxylic acids is 1. The molecule has 2 N–H and O–H groups in total. The summed E-state index contributed by atoms with van der Waals surface area (Å²) in [6.07, 6.45) is 7.88. The molecule has 1 saturated carbocycles. The second-order valence-corrected chi connectivity index (χ2v) is 8.39. The third-order valence-corrected chi connectivity index (χ3v) is 6.17. The fourth-order valence-electron chi connectivity index (χ4n) is 4.32. The molecule has 5 rings (SSSR count). The molecule has 1 atom stereocenters. The number of fused-ring (bicyclic) bond motifs is 2. The highest BCUT2D eigenvalue weighted by Gasteiger charge is 2.28. The summed E-state index contributed by atoms with van der Waals surface area (Å²) in [6, 6.07) is 7.87. The molecule has 0 aliphatic heterocycles. The lowest BCUT2D eigenvalue weighted by atomic mass is 9.89. The van der Waals surface area contributed by atoms with Gasteiger partial charge in [-0.1, -0.05) is 18.2 Å². The van der Waals surface area contributed by atoms with Gasteiger partial charge >= 0.3 is 5.69 Å². The molecular formula is C23H24N4O3. The molecule has 1 aromatic carbocycles. The fraction of sp³-hybridized carbons (Fsp3) is 0.391. The van der Waals surface area contributed by atoms with E-state index < -0.39 is 11.2 Å². The van der Waals surface area contributed by atoms with Crippen LogP contribution >= 0.6 is 0 Å². The Morgan fingerprint density at radius 1 is 1.17 bits per heavy atom. The van der Waals surface area contributed by atoms with E-state index in [4.69, 9.17) is 0 Å². The van der Waals surface area contributed by atoms with Gasteiger partial charge in [-0.05, 0) is 68.2 Å². The van der Waals surface area contributed by atoms with Gasteiger partial charge in [0.05, 0.1) is 17.0 Å². The summed E-state index contributed by atoms with van der Waals surface area (Å²) < 4.78 is 1.52. The van der Waals surface area contributed by atoms with E-state index in [0.717, 1.165) is 31.2 Å². The first-order valence-corrected chi connectivity index (χ1v) is 10.6. The van der Waals surface area contributed by atoms with Crippen LogP contribution in [-0.4, -0.2) is 20.4 Å². The van der Waals surface area contributed by atoms with Crippen LogP contribution in [0.3, 0.4) is 0 Å². The number of amides is 1. The standard InChI is InChI=1S/C23H24N4O3/c1-13(15-7-6-14-4-2-3-5-16(14)10-15)25-21(28)17-11-19-20(24-12-17)27(18-8-9-18)23(30)26-22(19)29/h6-7,10-13,18H,2-5,8-9H2,1H3,(H,25,28)(H,26,29,30). The molecule has 7 nitrogen and oxygen atoms in total. The van der Waals surface area contributed by atoms with Crippen LogP contribution in [0.15, 0.2) is 40.1 Å². The average Bonchev–Trinajstić information content (AvgIpc) is 3.58. The Morgan fingerprint density at radius 2 is 1.93 bits per heavy atom. The first-order valence-electron chi connectivity index (χ1n) is 10.6. The number of rotatable bonds is 4. The smallest absolute Gasteiger partial charge is 0.330 e. The maximum absolute atomic E-state index is 12.8. The Bertz CT molecular complexity index is 1270. The number of nitrogens with one attached hydrogen (secondary N) is 2. The lowest BCUT2D eigenvalue weighted by Gasteiger charge is -2.20. The van der Waals surface area contributed by atoms with Gasteiger partial charge in [-0.2, -0.15) is 0 Å². The van der Waals surface area contributed by atoms with E-state index in [9.17, 15) is 14.4 Å². The lowest BCUT2D eigenvalue weighted by molar-refractivity contribution is 0.0939. The van der Waals surface area contributed by atoms with Gasteiger partial charge in [-0.3, -0.25) is 19.1 Å². The van der Waals surface area contributed by atoms with Crippen LogP contribution in [0.25, 0.3) is 11.0 Å². The minimum absolute atomic E-state index is 0.0769. The van der Waals surface area contributed by atoms with Crippen LogP contribution in [-0.2, 0) is 12.8 Å². The number of pyridine rings is 1. The molecular weight excluding hydrogens is 380 g/mol. The first kappa shape index (κ1) is 18.8. The summed E-state index contributed by atoms with van der Waals surface area (Å²) >= 11 is 0. The molecule has 2 aliphatic rings. The van der Waals surface area contributed by atoms with Crippen LogP contribution in [0.5, 0.6) is 0 Å². The maximum Gasteiger partial charge on any atom is 0.330 e. The lowest BCUT2D eigenvalue weighted by Crippen LogP contribution is -2.31. The molecule has 1 amide bonds. The van der Waals surface area contributed by atoms with Gasteiger partial charge in [0.2, 0.25) is 0 Å². The van der Waals surface area contributed by atoms with Crippen molar-refractivity contribution in [3.8, 4) is 0 Å². The van der Waals surface area contributed by atoms with E-state index in [0.29, 0.717) is 11.2 Å². The van der Waals surface area contributed by atoms with Crippen molar-refractivity contribution in [2.24, 2.45) is 0 Å². The zero-order valence-corrected chi connectivity index (χ0v) is 16.9. The van der Waals surface area contributed by atoms with Crippen molar-refractivity contribution < 1.29 is 4.79 Å². The number of aromatic nitrogens is 3. The quantitative estimate of drug-likeness (QED) is 0.699. The Kier molecular flexibility index (Phi) is 4.53. The van der Waals surface area contributed by atoms with Crippen molar-refractivity contribution in [3.63, 3.8) is 0 Å². The highest BCUT2D eigenvalue weighted by atomic mass is 16.2. The Labute approximate surface area is 173 Å². The third kappa shape index (κ3) is 3.34. The number of hydrogen-bond acceptors (Lipinski definition) is 4. The normalized spacial score (nSPS) is 16.8. The monoisotopic (exact) mass is 404 g/mol. The number of carbonyl (C=O) groups is 1. The van der Waals surface area contributed by atoms with Crippen molar-refractivity contribution in [1.82, 2.24) is 19.9 Å². The minimum Gasteiger partial charge on any atom is -0.345 e. The van der Waals surface area contributed by atoms with Crippen LogP contribution in [0, 0.1) is 0 Å². The molecule has 2 aliphatic carbocycles. The summed E-state index contributed by atoms with van der Waals surface area (Å²) in [5, 5.41) is 3.26. The van der Waals surface area contributed by atoms with Crippen molar-refractivity contribution in [2.75, 3.05) is 0 Å². The van der Waals surface area contributed by atoms with Crippen LogP contribution in [0.4, 0.5) is 0 Å². The van der Waals surface area contributed by atoms with E-state index in [1.54, 1.807) is 0 Å². The zero-order valence-electron chi connectivity index (χ0n) is 16.9. The number of benzene rings is 1. The summed E-state index contributed by atoms with van der Waals surface area (Å²) in [5.74, 6) is -0.293. The van der Waals surface area contributed by atoms with Crippen LogP contribution in [0.1, 0.15) is 71.7 Å². The molecule has 0 saturated heterocycles. The van der Waals surface area contributed by atoms with Gasteiger partial charge in [0.15, 0.2) is 0 Å². The summed E-state index contributed by atoms with van der Waals surface area (Å²) in [5.41, 5.74) is 3.53. The summed E-state index contributed by atoms with van der Waals surface area (Å²) in [7, 11) is 0. The molecule has 0 radical (unpaired) electrons. The van der Waals surface area contributed by atoms with Gasteiger partial charge in [-0.25, -0.2) is 9.78 Å². The average molecular weight is 404 g/mol. The number of H-pyrrole nitrogens is 1. The fourth-order valence-corrected chi connectivity index (χ4v) is 4.32. The Balaban J connectivity index is 1.42. The molecule has 2 heterocycles. The SMILES string of the molecule is CC(NC(=O)c1cnc2c(c1)c(=O)[nH]c(=O)n2C1CC1)c1ccc2c(c1)CCCC2. The second kappa shape index (κ2) is 7.23. The van der Waals surface area contributed by atoms with Gasteiger partial charge in [0.1, 0.15) is 5.65 Å². The molecule has 0 bridgehead atoms. The highest BCUT2D eigenvalue weighted by molar-refractivity contribution is 5.96. The van der Waals surface area contributed by atoms with Crippen LogP contribution < -0.4 is 16.6 Å². The van der Waals surface area contributed by atoms with E-state index in [1.165, 1.54) is 40.8 Å². The molecule has 1 unspecified atom stereocenters. The Morgan fingerprint density at radius 3 is 2.70 bits per heavy atom.